The van der Waals surface area contributed by atoms with Crippen molar-refractivity contribution in [3.8, 4) is 0 Å². The number of fused-ring (bicyclic) bond motifs is 1. The van der Waals surface area contributed by atoms with Crippen LogP contribution in [0, 0.1) is 11.2 Å². The molecule has 0 unspecified atom stereocenters. The Morgan fingerprint density at radius 2 is 1.97 bits per heavy atom. The molecule has 2 heterocycles. The van der Waals surface area contributed by atoms with Crippen molar-refractivity contribution in [3.63, 3.8) is 0 Å². The second-order valence-electron chi connectivity index (χ2n) is 10.4. The van der Waals surface area contributed by atoms with Gasteiger partial charge in [-0.3, -0.25) is 9.36 Å². The minimum atomic E-state index is -0.606. The molecule has 198 valence electrons. The molecule has 2 aliphatic carbocycles. The van der Waals surface area contributed by atoms with Crippen LogP contribution in [0.5, 0.6) is 0 Å². The number of nitrogens with zero attached hydrogens (tertiary/aromatic N) is 4. The molecule has 9 nitrogen and oxygen atoms in total. The number of imidazole rings is 1. The first kappa shape index (κ1) is 25.9. The zero-order chi connectivity index (χ0) is 26.3. The Morgan fingerprint density at radius 1 is 1.22 bits per heavy atom. The fourth-order valence-corrected chi connectivity index (χ4v) is 5.91. The maximum atomic E-state index is 14.8. The summed E-state index contributed by atoms with van der Waals surface area (Å²) in [7, 11) is 0. The number of primary amides is 1. The number of benzene rings is 1. The van der Waals surface area contributed by atoms with Crippen molar-refractivity contribution in [3.05, 3.63) is 34.2 Å². The van der Waals surface area contributed by atoms with E-state index in [1.54, 1.807) is 6.20 Å². The van der Waals surface area contributed by atoms with Gasteiger partial charge in [0.15, 0.2) is 5.65 Å². The lowest BCUT2D eigenvalue weighted by molar-refractivity contribution is -0.128. The lowest BCUT2D eigenvalue weighted by atomic mass is 9.73. The number of aromatic nitrogens is 4. The second-order valence-corrected chi connectivity index (χ2v) is 11.2. The van der Waals surface area contributed by atoms with Crippen LogP contribution < -0.4 is 16.4 Å². The number of carbonyl (C=O) groups excluding carboxylic acids is 1. The standard InChI is InChI=1S/C25H30Cl2FN7O2/c1-25(22(29)37)7-5-15(6-8-25)35-21-19(12-30-23(34-21)31-14-3-2-4-16(36)11-14)32-24(35)33-20-17(27)9-13(26)10-18(20)28/h9-10,12,14-16,36H,2-8,11H2,1H3,(H2,29,37)(H,32,33)(H,30,31,34)/t14-,15?,16-,25?/m1/s1. The number of nitrogens with two attached hydrogens (primary N) is 1. The third kappa shape index (κ3) is 5.32. The van der Waals surface area contributed by atoms with Crippen LogP contribution in [0.1, 0.15) is 64.3 Å². The Balaban J connectivity index is 1.52. The second kappa shape index (κ2) is 10.2. The quantitative estimate of drug-likeness (QED) is 0.326. The Morgan fingerprint density at radius 3 is 2.65 bits per heavy atom. The molecule has 2 aromatic heterocycles. The first-order valence-corrected chi connectivity index (χ1v) is 13.3. The fourth-order valence-electron chi connectivity index (χ4n) is 5.39. The minimum Gasteiger partial charge on any atom is -0.393 e. The maximum absolute atomic E-state index is 14.8. The van der Waals surface area contributed by atoms with Gasteiger partial charge in [-0.25, -0.2) is 14.4 Å². The Kier molecular flexibility index (Phi) is 7.17. The van der Waals surface area contributed by atoms with Gasteiger partial charge in [-0.2, -0.15) is 4.98 Å². The van der Waals surface area contributed by atoms with Gasteiger partial charge in [0.1, 0.15) is 11.3 Å². The summed E-state index contributed by atoms with van der Waals surface area (Å²) >= 11 is 12.3. The highest BCUT2D eigenvalue weighted by Crippen LogP contribution is 2.43. The number of hydrogen-bond donors (Lipinski definition) is 4. The monoisotopic (exact) mass is 549 g/mol. The summed E-state index contributed by atoms with van der Waals surface area (Å²) in [6, 6.07) is 2.65. The first-order chi connectivity index (χ1) is 17.6. The summed E-state index contributed by atoms with van der Waals surface area (Å²) in [4.78, 5) is 25.9. The number of rotatable bonds is 6. The summed E-state index contributed by atoms with van der Waals surface area (Å²) in [5.41, 5.74) is 6.26. The van der Waals surface area contributed by atoms with Crippen LogP contribution in [0.3, 0.4) is 0 Å². The van der Waals surface area contributed by atoms with Gasteiger partial charge in [0, 0.05) is 22.5 Å². The van der Waals surface area contributed by atoms with E-state index in [1.165, 1.54) is 12.1 Å². The summed E-state index contributed by atoms with van der Waals surface area (Å²) in [6.07, 6.45) is 7.13. The fraction of sp³-hybridized carbons (Fsp3) is 0.520. The molecule has 5 N–H and O–H groups in total. The Hall–Kier alpha value is -2.69. The van der Waals surface area contributed by atoms with E-state index >= 15 is 0 Å². The summed E-state index contributed by atoms with van der Waals surface area (Å²) in [6.45, 7) is 1.89. The summed E-state index contributed by atoms with van der Waals surface area (Å²) in [5.74, 6) is -0.109. The van der Waals surface area contributed by atoms with Gasteiger partial charge in [-0.1, -0.05) is 30.1 Å². The van der Waals surface area contributed by atoms with Crippen LogP contribution in [0.25, 0.3) is 11.2 Å². The van der Waals surface area contributed by atoms with E-state index in [2.05, 4.69) is 20.6 Å². The molecule has 37 heavy (non-hydrogen) atoms. The topological polar surface area (TPSA) is 131 Å². The first-order valence-electron chi connectivity index (χ1n) is 12.5. The van der Waals surface area contributed by atoms with Crippen LogP contribution in [0.2, 0.25) is 10.0 Å². The van der Waals surface area contributed by atoms with Gasteiger partial charge in [0.2, 0.25) is 17.8 Å². The predicted molar refractivity (Wildman–Crippen MR) is 142 cm³/mol. The highest BCUT2D eigenvalue weighted by Gasteiger charge is 2.38. The lowest BCUT2D eigenvalue weighted by Crippen LogP contribution is -2.38. The van der Waals surface area contributed by atoms with Crippen molar-refractivity contribution in [1.82, 2.24) is 19.5 Å². The molecular weight excluding hydrogens is 520 g/mol. The van der Waals surface area contributed by atoms with E-state index < -0.39 is 11.2 Å². The number of hydrogen-bond acceptors (Lipinski definition) is 7. The van der Waals surface area contributed by atoms with Crippen molar-refractivity contribution in [2.45, 2.75) is 76.5 Å². The van der Waals surface area contributed by atoms with Crippen molar-refractivity contribution < 1.29 is 14.3 Å². The van der Waals surface area contributed by atoms with E-state index in [-0.39, 0.29) is 39.8 Å². The average molecular weight is 550 g/mol. The van der Waals surface area contributed by atoms with Crippen LogP contribution in [-0.2, 0) is 4.79 Å². The Bertz CT molecular complexity index is 1300. The number of halogens is 3. The predicted octanol–water partition coefficient (Wildman–Crippen LogP) is 5.34. The third-order valence-corrected chi connectivity index (χ3v) is 8.19. The van der Waals surface area contributed by atoms with Crippen LogP contribution in [-0.4, -0.2) is 42.7 Å². The molecule has 1 amide bonds. The molecular formula is C25H30Cl2FN7O2. The minimum absolute atomic E-state index is 0.0582. The average Bonchev–Trinajstić information content (AvgIpc) is 3.19. The summed E-state index contributed by atoms with van der Waals surface area (Å²) < 4.78 is 16.7. The van der Waals surface area contributed by atoms with Gasteiger partial charge < -0.3 is 21.5 Å². The number of amides is 1. The number of aliphatic hydroxyl groups is 1. The molecule has 0 spiro atoms. The zero-order valence-electron chi connectivity index (χ0n) is 20.5. The van der Waals surface area contributed by atoms with E-state index in [0.717, 1.165) is 19.3 Å². The van der Waals surface area contributed by atoms with Crippen LogP contribution in [0.4, 0.5) is 22.0 Å². The molecule has 3 aromatic rings. The molecule has 2 aliphatic rings. The van der Waals surface area contributed by atoms with Gasteiger partial charge in [-0.15, -0.1) is 0 Å². The smallest absolute Gasteiger partial charge is 0.224 e. The largest absolute Gasteiger partial charge is 0.393 e. The molecule has 12 heteroatoms. The normalized spacial score (nSPS) is 26.2. The van der Waals surface area contributed by atoms with Crippen molar-refractivity contribution in [2.24, 2.45) is 11.1 Å². The van der Waals surface area contributed by atoms with Crippen molar-refractivity contribution >= 4 is 57.9 Å². The SMILES string of the molecule is CC1(C(N)=O)CCC(n2c(Nc3c(F)cc(Cl)cc3Cl)nc3cnc(N[C@@H]4CCC[C@@H](O)C4)nc32)CC1. The van der Waals surface area contributed by atoms with E-state index in [4.69, 9.17) is 33.9 Å². The maximum Gasteiger partial charge on any atom is 0.224 e. The highest BCUT2D eigenvalue weighted by molar-refractivity contribution is 6.36. The van der Waals surface area contributed by atoms with E-state index in [0.29, 0.717) is 55.2 Å². The molecule has 2 fully saturated rings. The third-order valence-electron chi connectivity index (χ3n) is 7.67. The highest BCUT2D eigenvalue weighted by atomic mass is 35.5. The molecule has 0 bridgehead atoms. The molecule has 2 saturated carbocycles. The van der Waals surface area contributed by atoms with Gasteiger partial charge in [0.05, 0.1) is 23.0 Å². The van der Waals surface area contributed by atoms with Crippen molar-refractivity contribution in [2.75, 3.05) is 10.6 Å². The van der Waals surface area contributed by atoms with E-state index in [1.807, 2.05) is 11.5 Å². The number of anilines is 3. The molecule has 0 saturated heterocycles. The lowest BCUT2D eigenvalue weighted by Gasteiger charge is -2.35. The van der Waals surface area contributed by atoms with Crippen LogP contribution >= 0.6 is 23.2 Å². The van der Waals surface area contributed by atoms with Gasteiger partial charge >= 0.3 is 0 Å². The van der Waals surface area contributed by atoms with Crippen molar-refractivity contribution in [1.29, 1.82) is 0 Å². The van der Waals surface area contributed by atoms with Gasteiger partial charge in [0.25, 0.3) is 0 Å². The zero-order valence-corrected chi connectivity index (χ0v) is 22.0. The Labute approximate surface area is 224 Å². The molecule has 0 aliphatic heterocycles. The number of nitrogens with one attached hydrogen (secondary N) is 2. The van der Waals surface area contributed by atoms with Crippen LogP contribution in [0.15, 0.2) is 18.3 Å². The van der Waals surface area contributed by atoms with E-state index in [9.17, 15) is 14.3 Å². The number of carbonyl (C=O) groups is 1. The number of aliphatic hydroxyl groups excluding tert-OH is 1. The molecule has 2 atom stereocenters. The molecule has 0 radical (unpaired) electrons. The van der Waals surface area contributed by atoms with Gasteiger partial charge in [-0.05, 0) is 63.5 Å². The molecule has 1 aromatic carbocycles. The molecule has 5 rings (SSSR count). The summed E-state index contributed by atoms with van der Waals surface area (Å²) in [5, 5.41) is 16.7.